The Hall–Kier alpha value is -4.56. The van der Waals surface area contributed by atoms with Gasteiger partial charge in [0.1, 0.15) is 5.75 Å². The number of aromatic nitrogens is 3. The summed E-state index contributed by atoms with van der Waals surface area (Å²) in [5.41, 5.74) is 3.86. The molecule has 2 N–H and O–H groups in total. The van der Waals surface area contributed by atoms with Gasteiger partial charge < -0.3 is 24.5 Å². The summed E-state index contributed by atoms with van der Waals surface area (Å²) in [6, 6.07) is 22.5. The Bertz CT molecular complexity index is 1580. The molecule has 0 aliphatic heterocycles. The minimum atomic E-state index is -0.356. The third-order valence-electron chi connectivity index (χ3n) is 6.72. The van der Waals surface area contributed by atoms with Crippen LogP contribution in [0.4, 0.5) is 0 Å². The number of para-hydroxylation sites is 1. The Labute approximate surface area is 237 Å². The number of carbonyl (C=O) groups is 2. The average Bonchev–Trinajstić information content (AvgIpc) is 3.64. The number of halogens is 1. The van der Waals surface area contributed by atoms with Crippen molar-refractivity contribution in [2.45, 2.75) is 25.9 Å². The summed E-state index contributed by atoms with van der Waals surface area (Å²) in [4.78, 5) is 34.8. The molecule has 0 radical (unpaired) electrons. The SMILES string of the molecule is CC(=O)N(Cc1ccccc1Cl)C[C@@H](Cc1c[nH]c2ccccc12)NC(=O)COc1ccc(-n2ccnc2)cc1. The topological polar surface area (TPSA) is 92.3 Å². The highest BCUT2D eigenvalue weighted by Crippen LogP contribution is 2.21. The number of imidazole rings is 1. The molecular weight excluding hydrogens is 526 g/mol. The minimum Gasteiger partial charge on any atom is -0.484 e. The standard InChI is InChI=1S/C31H30ClN5O3/c1-22(38)37(18-23-6-2-4-8-29(23)32)19-25(16-24-17-34-30-9-5-3-7-28(24)30)35-31(39)20-40-27-12-10-26(11-13-27)36-15-14-33-21-36/h2-15,17,21,25,34H,16,18-20H2,1H3,(H,35,39)/t25-/m1/s1. The zero-order valence-electron chi connectivity index (χ0n) is 22.1. The molecule has 204 valence electrons. The van der Waals surface area contributed by atoms with E-state index in [1.807, 2.05) is 83.7 Å². The fourth-order valence-electron chi connectivity index (χ4n) is 4.67. The monoisotopic (exact) mass is 555 g/mol. The van der Waals surface area contributed by atoms with Crippen molar-refractivity contribution >= 4 is 34.3 Å². The highest BCUT2D eigenvalue weighted by Gasteiger charge is 2.21. The van der Waals surface area contributed by atoms with Crippen LogP contribution in [-0.4, -0.2) is 50.4 Å². The van der Waals surface area contributed by atoms with Crippen molar-refractivity contribution in [2.24, 2.45) is 0 Å². The third kappa shape index (κ3) is 6.71. The maximum absolute atomic E-state index is 13.1. The third-order valence-corrected chi connectivity index (χ3v) is 7.09. The first-order valence-corrected chi connectivity index (χ1v) is 13.4. The smallest absolute Gasteiger partial charge is 0.258 e. The Kier molecular flexibility index (Phi) is 8.47. The molecule has 2 aromatic heterocycles. The van der Waals surface area contributed by atoms with E-state index in [1.54, 1.807) is 23.5 Å². The van der Waals surface area contributed by atoms with Crippen molar-refractivity contribution in [3.05, 3.63) is 114 Å². The predicted octanol–water partition coefficient (Wildman–Crippen LogP) is 5.16. The number of benzene rings is 3. The molecule has 9 heteroatoms. The molecule has 0 fully saturated rings. The quantitative estimate of drug-likeness (QED) is 0.235. The summed E-state index contributed by atoms with van der Waals surface area (Å²) in [7, 11) is 0. The normalized spacial score (nSPS) is 11.8. The molecule has 2 amide bonds. The van der Waals surface area contributed by atoms with Crippen LogP contribution in [0.5, 0.6) is 5.75 Å². The van der Waals surface area contributed by atoms with Gasteiger partial charge in [-0.2, -0.15) is 0 Å². The van der Waals surface area contributed by atoms with Crippen LogP contribution < -0.4 is 10.1 Å². The van der Waals surface area contributed by atoms with Gasteiger partial charge in [0.15, 0.2) is 6.61 Å². The van der Waals surface area contributed by atoms with Crippen LogP contribution >= 0.6 is 11.6 Å². The molecule has 2 heterocycles. The molecule has 3 aromatic carbocycles. The summed E-state index contributed by atoms with van der Waals surface area (Å²) >= 11 is 6.38. The first kappa shape index (κ1) is 27.0. The van der Waals surface area contributed by atoms with E-state index in [9.17, 15) is 9.59 Å². The lowest BCUT2D eigenvalue weighted by Crippen LogP contribution is -2.47. The predicted molar refractivity (Wildman–Crippen MR) is 156 cm³/mol. The van der Waals surface area contributed by atoms with Crippen molar-refractivity contribution in [1.29, 1.82) is 0 Å². The molecule has 5 rings (SSSR count). The molecule has 0 unspecified atom stereocenters. The summed E-state index contributed by atoms with van der Waals surface area (Å²) in [5.74, 6) is 0.202. The van der Waals surface area contributed by atoms with E-state index < -0.39 is 0 Å². The van der Waals surface area contributed by atoms with Gasteiger partial charge >= 0.3 is 0 Å². The average molecular weight is 556 g/mol. The number of ether oxygens (including phenoxy) is 1. The highest BCUT2D eigenvalue weighted by atomic mass is 35.5. The van der Waals surface area contributed by atoms with Crippen LogP contribution in [0.1, 0.15) is 18.1 Å². The van der Waals surface area contributed by atoms with Crippen molar-refractivity contribution in [3.8, 4) is 11.4 Å². The van der Waals surface area contributed by atoms with E-state index >= 15 is 0 Å². The Morgan fingerprint density at radius 3 is 2.58 bits per heavy atom. The lowest BCUT2D eigenvalue weighted by atomic mass is 10.0. The van der Waals surface area contributed by atoms with Gasteiger partial charge in [0.25, 0.3) is 5.91 Å². The second-order valence-electron chi connectivity index (χ2n) is 9.57. The minimum absolute atomic E-state index is 0.104. The molecule has 0 aliphatic rings. The second kappa shape index (κ2) is 12.5. The van der Waals surface area contributed by atoms with Crippen LogP contribution in [0.15, 0.2) is 97.7 Å². The number of aromatic amines is 1. The van der Waals surface area contributed by atoms with Crippen LogP contribution in [0.2, 0.25) is 5.02 Å². The van der Waals surface area contributed by atoms with E-state index in [0.29, 0.717) is 30.3 Å². The fourth-order valence-corrected chi connectivity index (χ4v) is 4.87. The van der Waals surface area contributed by atoms with Crippen molar-refractivity contribution in [1.82, 2.24) is 24.8 Å². The van der Waals surface area contributed by atoms with E-state index in [0.717, 1.165) is 27.7 Å². The molecule has 0 saturated heterocycles. The number of rotatable bonds is 11. The fraction of sp³-hybridized carbons (Fsp3) is 0.194. The highest BCUT2D eigenvalue weighted by molar-refractivity contribution is 6.31. The zero-order chi connectivity index (χ0) is 27.9. The van der Waals surface area contributed by atoms with E-state index in [2.05, 4.69) is 15.3 Å². The van der Waals surface area contributed by atoms with Crippen molar-refractivity contribution in [3.63, 3.8) is 0 Å². The van der Waals surface area contributed by atoms with Crippen molar-refractivity contribution in [2.75, 3.05) is 13.2 Å². The van der Waals surface area contributed by atoms with Crippen molar-refractivity contribution < 1.29 is 14.3 Å². The summed E-state index contributed by atoms with van der Waals surface area (Å²) < 4.78 is 7.65. The first-order valence-electron chi connectivity index (χ1n) is 13.0. The summed E-state index contributed by atoms with van der Waals surface area (Å²) in [6.45, 7) is 2.03. The number of hydrogen-bond donors (Lipinski definition) is 2. The van der Waals surface area contributed by atoms with Crippen LogP contribution in [0, 0.1) is 0 Å². The lowest BCUT2D eigenvalue weighted by Gasteiger charge is -2.28. The first-order chi connectivity index (χ1) is 19.5. The number of H-pyrrole nitrogens is 1. The molecule has 5 aromatic rings. The molecule has 0 saturated carbocycles. The molecule has 0 spiro atoms. The molecule has 1 atom stereocenters. The number of hydrogen-bond acceptors (Lipinski definition) is 4. The zero-order valence-corrected chi connectivity index (χ0v) is 22.8. The lowest BCUT2D eigenvalue weighted by molar-refractivity contribution is -0.131. The van der Waals surface area contributed by atoms with E-state index in [1.165, 1.54) is 6.92 Å². The second-order valence-corrected chi connectivity index (χ2v) is 9.98. The molecule has 8 nitrogen and oxygen atoms in total. The van der Waals surface area contributed by atoms with Gasteiger partial charge in [0.2, 0.25) is 5.91 Å². The van der Waals surface area contributed by atoms with Crippen LogP contribution in [-0.2, 0) is 22.6 Å². The maximum atomic E-state index is 13.1. The van der Waals surface area contributed by atoms with Gasteiger partial charge in [0, 0.05) is 60.2 Å². The van der Waals surface area contributed by atoms with E-state index in [4.69, 9.17) is 16.3 Å². The molecule has 40 heavy (non-hydrogen) atoms. The summed E-state index contributed by atoms with van der Waals surface area (Å²) in [5, 5.41) is 4.77. The number of nitrogens with one attached hydrogen (secondary N) is 2. The Morgan fingerprint density at radius 1 is 1.05 bits per heavy atom. The molecule has 0 bridgehead atoms. The number of fused-ring (bicyclic) bond motifs is 1. The van der Waals surface area contributed by atoms with Crippen LogP contribution in [0.3, 0.4) is 0 Å². The number of nitrogens with zero attached hydrogens (tertiary/aromatic N) is 3. The summed E-state index contributed by atoms with van der Waals surface area (Å²) in [6.07, 6.45) is 7.76. The maximum Gasteiger partial charge on any atom is 0.258 e. The van der Waals surface area contributed by atoms with Gasteiger partial charge in [-0.1, -0.05) is 48.0 Å². The van der Waals surface area contributed by atoms with E-state index in [-0.39, 0.29) is 24.5 Å². The number of amides is 2. The largest absolute Gasteiger partial charge is 0.484 e. The van der Waals surface area contributed by atoms with Gasteiger partial charge in [-0.15, -0.1) is 0 Å². The van der Waals surface area contributed by atoms with Gasteiger partial charge in [0.05, 0.1) is 12.4 Å². The van der Waals surface area contributed by atoms with Gasteiger partial charge in [-0.3, -0.25) is 9.59 Å². The number of carbonyl (C=O) groups excluding carboxylic acids is 2. The Balaban J connectivity index is 1.29. The molecular formula is C31H30ClN5O3. The Morgan fingerprint density at radius 2 is 1.82 bits per heavy atom. The molecule has 0 aliphatic carbocycles. The van der Waals surface area contributed by atoms with Gasteiger partial charge in [-0.05, 0) is 53.9 Å². The van der Waals surface area contributed by atoms with Gasteiger partial charge in [-0.25, -0.2) is 4.98 Å². The van der Waals surface area contributed by atoms with Crippen LogP contribution in [0.25, 0.3) is 16.6 Å².